The van der Waals surface area contributed by atoms with Crippen LogP contribution in [0.2, 0.25) is 0 Å². The maximum Gasteiger partial charge on any atom is 0.256 e. The molecule has 0 amide bonds. The molecule has 5 N–H and O–H groups in total. The van der Waals surface area contributed by atoms with Crippen molar-refractivity contribution in [2.75, 3.05) is 19.6 Å². The van der Waals surface area contributed by atoms with Crippen molar-refractivity contribution in [3.8, 4) is 0 Å². The molecule has 0 saturated carbocycles. The average Bonchev–Trinajstić information content (AvgIpc) is 2.55. The van der Waals surface area contributed by atoms with Crippen LogP contribution in [0.3, 0.4) is 0 Å². The van der Waals surface area contributed by atoms with Crippen LogP contribution in [0.15, 0.2) is 43.0 Å². The maximum atomic E-state index is 8.67. The van der Waals surface area contributed by atoms with Crippen LogP contribution in [0.1, 0.15) is 33.3 Å². The molecular formula is C18H31N3O2S2. The zero-order valence-corrected chi connectivity index (χ0v) is 17.2. The Bertz CT molecular complexity index is 500. The van der Waals surface area contributed by atoms with Crippen LogP contribution in [-0.4, -0.2) is 45.1 Å². The first-order valence-electron chi connectivity index (χ1n) is 8.00. The lowest BCUT2D eigenvalue weighted by atomic mass is 9.94. The summed E-state index contributed by atoms with van der Waals surface area (Å²) in [4.78, 5) is 1.70. The van der Waals surface area contributed by atoms with Crippen molar-refractivity contribution in [2.45, 2.75) is 33.2 Å². The Balaban J connectivity index is 0. The molecule has 25 heavy (non-hydrogen) atoms. The van der Waals surface area contributed by atoms with Gasteiger partial charge >= 0.3 is 0 Å². The summed E-state index contributed by atoms with van der Waals surface area (Å²) in [5.41, 5.74) is 5.72. The molecule has 1 rings (SSSR count). The van der Waals surface area contributed by atoms with E-state index in [0.29, 0.717) is 0 Å². The summed E-state index contributed by atoms with van der Waals surface area (Å²) in [5, 5.41) is 19.1. The molecule has 0 spiro atoms. The Morgan fingerprint density at radius 3 is 1.92 bits per heavy atom. The third-order valence-electron chi connectivity index (χ3n) is 3.22. The van der Waals surface area contributed by atoms with Crippen molar-refractivity contribution >= 4 is 34.8 Å². The first kappa shape index (κ1) is 25.5. The molecule has 0 radical (unpaired) electrons. The topological polar surface area (TPSA) is 81.8 Å². The van der Waals surface area contributed by atoms with Crippen LogP contribution < -0.4 is 11.1 Å². The van der Waals surface area contributed by atoms with Crippen molar-refractivity contribution in [1.29, 1.82) is 0 Å². The third-order valence-corrected chi connectivity index (χ3v) is 3.48. The van der Waals surface area contributed by atoms with Gasteiger partial charge in [-0.3, -0.25) is 0 Å². The summed E-state index contributed by atoms with van der Waals surface area (Å²) in [5.74, 6) is 0. The van der Waals surface area contributed by atoms with E-state index in [1.807, 2.05) is 26.0 Å². The fourth-order valence-electron chi connectivity index (χ4n) is 1.78. The first-order valence-corrected chi connectivity index (χ1v) is 8.81. The van der Waals surface area contributed by atoms with Crippen molar-refractivity contribution in [3.05, 3.63) is 48.6 Å². The molecule has 5 nitrogen and oxygen atoms in total. The van der Waals surface area contributed by atoms with Crippen molar-refractivity contribution < 1.29 is 10.2 Å². The molecule has 1 aromatic rings. The molecule has 0 unspecified atom stereocenters. The molecular weight excluding hydrogens is 354 g/mol. The second-order valence-corrected chi connectivity index (χ2v) is 6.24. The van der Waals surface area contributed by atoms with E-state index in [0.717, 1.165) is 19.6 Å². The maximum absolute atomic E-state index is 8.67. The third kappa shape index (κ3) is 14.4. The summed E-state index contributed by atoms with van der Waals surface area (Å²) in [6.45, 7) is 14.3. The number of hydrogen-bond donors (Lipinski definition) is 4. The van der Waals surface area contributed by atoms with Crippen LogP contribution in [-0.2, 0) is 5.54 Å². The van der Waals surface area contributed by atoms with Crippen molar-refractivity contribution in [3.63, 3.8) is 0 Å². The predicted molar refractivity (Wildman–Crippen MR) is 115 cm³/mol. The Labute approximate surface area is 162 Å². The van der Waals surface area contributed by atoms with E-state index < -0.39 is 5.17 Å². The Hall–Kier alpha value is -1.70. The fraction of sp³-hybridized carbons (Fsp3) is 0.444. The van der Waals surface area contributed by atoms with E-state index in [1.54, 1.807) is 4.90 Å². The van der Waals surface area contributed by atoms with Gasteiger partial charge in [-0.2, -0.15) is 0 Å². The van der Waals surface area contributed by atoms with Crippen LogP contribution in [0.5, 0.6) is 0 Å². The van der Waals surface area contributed by atoms with E-state index in [1.165, 1.54) is 5.56 Å². The van der Waals surface area contributed by atoms with Gasteiger partial charge in [0.25, 0.3) is 10.3 Å². The highest BCUT2D eigenvalue weighted by molar-refractivity contribution is 7.80. The summed E-state index contributed by atoms with van der Waals surface area (Å²) < 4.78 is 0. The van der Waals surface area contributed by atoms with Crippen molar-refractivity contribution in [1.82, 2.24) is 10.2 Å². The van der Waals surface area contributed by atoms with Crippen LogP contribution in [0, 0.1) is 0 Å². The van der Waals surface area contributed by atoms with Gasteiger partial charge in [0.2, 0.25) is 0 Å². The number of nitrogens with one attached hydrogen (secondary N) is 1. The Morgan fingerprint density at radius 2 is 1.64 bits per heavy atom. The fourth-order valence-corrected chi connectivity index (χ4v) is 2.04. The normalized spacial score (nSPS) is 9.60. The molecule has 0 aliphatic rings. The molecule has 0 bridgehead atoms. The number of rotatable bonds is 6. The van der Waals surface area contributed by atoms with E-state index in [4.69, 9.17) is 10.2 Å². The van der Waals surface area contributed by atoms with Crippen molar-refractivity contribution in [2.24, 2.45) is 5.73 Å². The molecule has 0 aliphatic carbocycles. The number of benzene rings is 1. The van der Waals surface area contributed by atoms with Crippen LogP contribution in [0.25, 0.3) is 0 Å². The number of hydrogen-bond acceptors (Lipinski definition) is 3. The van der Waals surface area contributed by atoms with Gasteiger partial charge in [-0.05, 0) is 57.7 Å². The lowest BCUT2D eigenvalue weighted by Gasteiger charge is -2.26. The monoisotopic (exact) mass is 385 g/mol. The van der Waals surface area contributed by atoms with E-state index in [2.05, 4.69) is 80.2 Å². The molecule has 142 valence electrons. The number of aliphatic hydroxyl groups excluding tert-OH is 2. The van der Waals surface area contributed by atoms with Gasteiger partial charge in [-0.1, -0.05) is 36.4 Å². The minimum Gasteiger partial charge on any atom is -0.487 e. The molecule has 0 aliphatic heterocycles. The van der Waals surface area contributed by atoms with Gasteiger partial charge < -0.3 is 26.2 Å². The predicted octanol–water partition coefficient (Wildman–Crippen LogP) is 3.66. The summed E-state index contributed by atoms with van der Waals surface area (Å²) >= 11 is 8.37. The Morgan fingerprint density at radius 1 is 1.20 bits per heavy atom. The SMILES string of the molecule is C=CCNC(C)(C)c1ccccc1.CCN(CC)C(O)=S.NC(O)=S. The number of thiocarbonyl (C=S) groups is 2. The molecule has 0 atom stereocenters. The zero-order valence-electron chi connectivity index (χ0n) is 15.5. The highest BCUT2D eigenvalue weighted by atomic mass is 32.1. The summed E-state index contributed by atoms with van der Waals surface area (Å²) in [6, 6.07) is 10.4. The lowest BCUT2D eigenvalue weighted by molar-refractivity contribution is 0.371. The molecule has 0 heterocycles. The minimum atomic E-state index is -0.500. The highest BCUT2D eigenvalue weighted by Gasteiger charge is 2.17. The molecule has 0 fully saturated rings. The molecule has 0 aromatic heterocycles. The molecule has 1 aromatic carbocycles. The van der Waals surface area contributed by atoms with Crippen LogP contribution in [0.4, 0.5) is 0 Å². The van der Waals surface area contributed by atoms with Crippen LogP contribution >= 0.6 is 24.4 Å². The van der Waals surface area contributed by atoms with Gasteiger partial charge in [0, 0.05) is 25.2 Å². The average molecular weight is 386 g/mol. The highest BCUT2D eigenvalue weighted by Crippen LogP contribution is 2.18. The number of aliphatic hydroxyl groups is 2. The second-order valence-electron chi connectivity index (χ2n) is 5.45. The molecule has 0 saturated heterocycles. The quantitative estimate of drug-likeness (QED) is 0.439. The summed E-state index contributed by atoms with van der Waals surface area (Å²) in [6.07, 6.45) is 1.88. The van der Waals surface area contributed by atoms with E-state index in [9.17, 15) is 0 Å². The number of nitrogens with zero attached hydrogens (tertiary/aromatic N) is 1. The summed E-state index contributed by atoms with van der Waals surface area (Å²) in [7, 11) is 0. The van der Waals surface area contributed by atoms with E-state index in [-0.39, 0.29) is 10.7 Å². The zero-order chi connectivity index (χ0) is 19.9. The second kappa shape index (κ2) is 14.6. The number of nitrogens with two attached hydrogens (primary N) is 1. The van der Waals surface area contributed by atoms with Gasteiger partial charge in [-0.15, -0.1) is 6.58 Å². The van der Waals surface area contributed by atoms with Gasteiger partial charge in [0.05, 0.1) is 0 Å². The molecule has 7 heteroatoms. The van der Waals surface area contributed by atoms with Gasteiger partial charge in [0.1, 0.15) is 0 Å². The Kier molecular flexibility index (Phi) is 14.9. The smallest absolute Gasteiger partial charge is 0.256 e. The first-order chi connectivity index (χ1) is 11.6. The largest absolute Gasteiger partial charge is 0.487 e. The lowest BCUT2D eigenvalue weighted by Crippen LogP contribution is -2.36. The van der Waals surface area contributed by atoms with Gasteiger partial charge in [0.15, 0.2) is 0 Å². The standard InChI is InChI=1S/C12H17N.C5H11NOS.CH3NOS/c1-4-10-13-12(2,3)11-8-6-5-7-9-11;1-3-6(4-2)5(7)8;2-1(3)4/h4-9,13H,1,10H2,2-3H3;3-4H2,1-2H3,(H,7,8);(H3,2,3,4). The van der Waals surface area contributed by atoms with E-state index >= 15 is 0 Å². The van der Waals surface area contributed by atoms with Gasteiger partial charge in [-0.25, -0.2) is 0 Å². The minimum absolute atomic E-state index is 0.00463.